The second-order valence-electron chi connectivity index (χ2n) is 3.49. The molecule has 0 unspecified atom stereocenters. The van der Waals surface area contributed by atoms with Crippen LogP contribution in [0.2, 0.25) is 0 Å². The first-order chi connectivity index (χ1) is 7.82. The summed E-state index contributed by atoms with van der Waals surface area (Å²) in [7, 11) is -4.53. The van der Waals surface area contributed by atoms with Gasteiger partial charge in [0.2, 0.25) is 0 Å². The zero-order valence-corrected chi connectivity index (χ0v) is 9.27. The number of fused-ring (bicyclic) bond motifs is 1. The Labute approximate surface area is 96.7 Å². The molecule has 5 N–H and O–H groups in total. The van der Waals surface area contributed by atoms with Crippen molar-refractivity contribution in [3.63, 3.8) is 0 Å². The number of anilines is 1. The minimum absolute atomic E-state index is 0.0393. The van der Waals surface area contributed by atoms with Crippen molar-refractivity contribution >= 4 is 26.6 Å². The van der Waals surface area contributed by atoms with E-state index in [1.165, 1.54) is 18.2 Å². The minimum atomic E-state index is -4.53. The molecule has 0 saturated carbocycles. The molecule has 0 aliphatic carbocycles. The highest BCUT2D eigenvalue weighted by Gasteiger charge is 2.20. The van der Waals surface area contributed by atoms with Crippen molar-refractivity contribution < 1.29 is 23.2 Å². The number of benzene rings is 2. The van der Waals surface area contributed by atoms with Crippen LogP contribution >= 0.6 is 0 Å². The molecule has 0 aliphatic heterocycles. The Hall–Kier alpha value is -1.99. The van der Waals surface area contributed by atoms with E-state index < -0.39 is 26.5 Å². The van der Waals surface area contributed by atoms with E-state index in [1.54, 1.807) is 0 Å². The van der Waals surface area contributed by atoms with E-state index >= 15 is 0 Å². The fourth-order valence-electron chi connectivity index (χ4n) is 1.62. The molecule has 7 heteroatoms. The molecule has 0 fully saturated rings. The topological polar surface area (TPSA) is 121 Å². The number of aromatic hydroxyl groups is 2. The molecule has 0 saturated heterocycles. The Morgan fingerprint density at radius 1 is 1.18 bits per heavy atom. The Balaban J connectivity index is 3.00. The van der Waals surface area contributed by atoms with Gasteiger partial charge in [-0.15, -0.1) is 0 Å². The molecular formula is C10H9NO5S. The zero-order chi connectivity index (χ0) is 12.8. The summed E-state index contributed by atoms with van der Waals surface area (Å²) >= 11 is 0. The van der Waals surface area contributed by atoms with Gasteiger partial charge in [0.15, 0.2) is 5.75 Å². The van der Waals surface area contributed by atoms with Crippen LogP contribution in [-0.2, 0) is 10.1 Å². The summed E-state index contributed by atoms with van der Waals surface area (Å²) in [5.74, 6) is -0.804. The highest BCUT2D eigenvalue weighted by atomic mass is 32.2. The zero-order valence-electron chi connectivity index (χ0n) is 8.45. The van der Waals surface area contributed by atoms with E-state index in [1.807, 2.05) is 0 Å². The lowest BCUT2D eigenvalue weighted by Gasteiger charge is -2.09. The van der Waals surface area contributed by atoms with Crippen LogP contribution in [0.25, 0.3) is 10.8 Å². The number of phenols is 2. The fraction of sp³-hybridized carbons (Fsp3) is 0. The number of nitrogen functional groups attached to an aromatic ring is 1. The molecule has 0 heterocycles. The van der Waals surface area contributed by atoms with E-state index in [9.17, 15) is 18.6 Å². The molecule has 0 radical (unpaired) electrons. The number of rotatable bonds is 1. The van der Waals surface area contributed by atoms with Gasteiger partial charge in [0.1, 0.15) is 10.6 Å². The summed E-state index contributed by atoms with van der Waals surface area (Å²) < 4.78 is 31.0. The molecule has 0 aliphatic rings. The summed E-state index contributed by atoms with van der Waals surface area (Å²) in [6.45, 7) is 0. The molecule has 0 atom stereocenters. The number of hydrogen-bond acceptors (Lipinski definition) is 5. The standard InChI is InChI=1S/C10H9NO5S/c11-9-7(17(14,15)16)4-5-2-1-3-6(12)8(5)10(9)13/h1-4,12-13H,11H2,(H,14,15,16). The summed E-state index contributed by atoms with van der Waals surface area (Å²) in [6, 6.07) is 5.36. The maximum atomic E-state index is 11.0. The number of hydrogen-bond donors (Lipinski definition) is 4. The highest BCUT2D eigenvalue weighted by Crippen LogP contribution is 2.40. The van der Waals surface area contributed by atoms with Gasteiger partial charge in [-0.3, -0.25) is 4.55 Å². The molecule has 2 aromatic rings. The van der Waals surface area contributed by atoms with Crippen LogP contribution in [0, 0.1) is 0 Å². The van der Waals surface area contributed by atoms with Crippen LogP contribution in [0.3, 0.4) is 0 Å². The lowest BCUT2D eigenvalue weighted by atomic mass is 10.1. The van der Waals surface area contributed by atoms with E-state index in [0.29, 0.717) is 0 Å². The van der Waals surface area contributed by atoms with Crippen molar-refractivity contribution in [3.8, 4) is 11.5 Å². The third-order valence-electron chi connectivity index (χ3n) is 2.40. The van der Waals surface area contributed by atoms with Gasteiger partial charge in [-0.05, 0) is 17.5 Å². The van der Waals surface area contributed by atoms with Gasteiger partial charge in [0.25, 0.3) is 10.1 Å². The van der Waals surface area contributed by atoms with Crippen molar-refractivity contribution in [2.75, 3.05) is 5.73 Å². The van der Waals surface area contributed by atoms with Crippen molar-refractivity contribution in [1.29, 1.82) is 0 Å². The van der Waals surface area contributed by atoms with Crippen molar-refractivity contribution in [2.45, 2.75) is 4.90 Å². The van der Waals surface area contributed by atoms with Crippen LogP contribution in [0.4, 0.5) is 5.69 Å². The van der Waals surface area contributed by atoms with Crippen LogP contribution in [-0.4, -0.2) is 23.2 Å². The maximum Gasteiger partial charge on any atom is 0.296 e. The SMILES string of the molecule is Nc1c(S(=O)(=O)O)cc2cccc(O)c2c1O. The van der Waals surface area contributed by atoms with E-state index in [4.69, 9.17) is 10.3 Å². The van der Waals surface area contributed by atoms with Gasteiger partial charge in [-0.2, -0.15) is 8.42 Å². The van der Waals surface area contributed by atoms with E-state index in [-0.39, 0.29) is 16.5 Å². The molecule has 0 aromatic heterocycles. The first-order valence-electron chi connectivity index (χ1n) is 4.53. The van der Waals surface area contributed by atoms with Gasteiger partial charge in [0.05, 0.1) is 11.1 Å². The molecule has 17 heavy (non-hydrogen) atoms. The molecule has 0 bridgehead atoms. The first-order valence-corrected chi connectivity index (χ1v) is 5.97. The minimum Gasteiger partial charge on any atom is -0.507 e. The molecule has 6 nitrogen and oxygen atoms in total. The molecule has 2 aromatic carbocycles. The van der Waals surface area contributed by atoms with Gasteiger partial charge in [0, 0.05) is 0 Å². The van der Waals surface area contributed by atoms with Gasteiger partial charge in [-0.1, -0.05) is 12.1 Å². The predicted octanol–water partition coefficient (Wildman–Crippen LogP) is 1.08. The van der Waals surface area contributed by atoms with Crippen molar-refractivity contribution in [3.05, 3.63) is 24.3 Å². The molecule has 90 valence electrons. The Morgan fingerprint density at radius 2 is 1.82 bits per heavy atom. The van der Waals surface area contributed by atoms with E-state index in [0.717, 1.165) is 6.07 Å². The normalized spacial score (nSPS) is 11.8. The van der Waals surface area contributed by atoms with Crippen molar-refractivity contribution in [2.24, 2.45) is 0 Å². The lowest BCUT2D eigenvalue weighted by molar-refractivity contribution is 0.461. The summed E-state index contributed by atoms with van der Waals surface area (Å²) in [6.07, 6.45) is 0. The van der Waals surface area contributed by atoms with Crippen LogP contribution in [0.1, 0.15) is 0 Å². The Bertz CT molecular complexity index is 708. The molecule has 0 amide bonds. The predicted molar refractivity (Wildman–Crippen MR) is 61.5 cm³/mol. The Kier molecular flexibility index (Phi) is 2.37. The second kappa shape index (κ2) is 3.51. The monoisotopic (exact) mass is 255 g/mol. The highest BCUT2D eigenvalue weighted by molar-refractivity contribution is 7.86. The molecule has 0 spiro atoms. The van der Waals surface area contributed by atoms with Gasteiger partial charge in [-0.25, -0.2) is 0 Å². The van der Waals surface area contributed by atoms with Gasteiger partial charge < -0.3 is 15.9 Å². The Morgan fingerprint density at radius 3 is 2.41 bits per heavy atom. The first kappa shape index (κ1) is 11.5. The third kappa shape index (κ3) is 1.75. The quantitative estimate of drug-likeness (QED) is 0.344. The van der Waals surface area contributed by atoms with E-state index in [2.05, 4.69) is 0 Å². The summed E-state index contributed by atoms with van der Waals surface area (Å²) in [5.41, 5.74) is 4.90. The van der Waals surface area contributed by atoms with Crippen LogP contribution < -0.4 is 5.73 Å². The summed E-state index contributed by atoms with van der Waals surface area (Å²) in [4.78, 5) is -0.590. The summed E-state index contributed by atoms with van der Waals surface area (Å²) in [5, 5.41) is 19.6. The number of nitrogens with two attached hydrogens (primary N) is 1. The van der Waals surface area contributed by atoms with Crippen LogP contribution in [0.15, 0.2) is 29.2 Å². The maximum absolute atomic E-state index is 11.0. The van der Waals surface area contributed by atoms with Crippen LogP contribution in [0.5, 0.6) is 11.5 Å². The lowest BCUT2D eigenvalue weighted by Crippen LogP contribution is -2.03. The third-order valence-corrected chi connectivity index (χ3v) is 3.29. The van der Waals surface area contributed by atoms with Gasteiger partial charge >= 0.3 is 0 Å². The average molecular weight is 255 g/mol. The molecule has 2 rings (SSSR count). The number of phenolic OH excluding ortho intramolecular Hbond substituents is 2. The largest absolute Gasteiger partial charge is 0.507 e. The second-order valence-corrected chi connectivity index (χ2v) is 4.88. The average Bonchev–Trinajstić information content (AvgIpc) is 2.21. The fourth-order valence-corrected chi connectivity index (χ4v) is 2.27. The smallest absolute Gasteiger partial charge is 0.296 e. The molecular weight excluding hydrogens is 246 g/mol. The van der Waals surface area contributed by atoms with Crippen molar-refractivity contribution in [1.82, 2.24) is 0 Å².